The lowest BCUT2D eigenvalue weighted by Crippen LogP contribution is -2.51. The smallest absolute Gasteiger partial charge is 0.410 e. The van der Waals surface area contributed by atoms with Gasteiger partial charge >= 0.3 is 18.0 Å². The fourth-order valence-electron chi connectivity index (χ4n) is 3.66. The summed E-state index contributed by atoms with van der Waals surface area (Å²) in [5.41, 5.74) is -1.27. The summed E-state index contributed by atoms with van der Waals surface area (Å²) in [6, 6.07) is 9.25. The van der Waals surface area contributed by atoms with E-state index in [2.05, 4.69) is 0 Å². The van der Waals surface area contributed by atoms with E-state index in [1.54, 1.807) is 27.8 Å². The van der Waals surface area contributed by atoms with Crippen LogP contribution in [0.4, 0.5) is 4.79 Å². The number of amides is 1. The van der Waals surface area contributed by atoms with E-state index in [4.69, 9.17) is 14.2 Å². The molecular formula is C24H35NO6. The minimum atomic E-state index is -1.17. The van der Waals surface area contributed by atoms with Crippen molar-refractivity contribution in [3.05, 3.63) is 35.9 Å². The molecule has 1 unspecified atom stereocenters. The maximum Gasteiger partial charge on any atom is 0.410 e. The van der Waals surface area contributed by atoms with Gasteiger partial charge in [0.15, 0.2) is 6.10 Å². The Hall–Kier alpha value is -2.57. The van der Waals surface area contributed by atoms with Crippen molar-refractivity contribution >= 4 is 18.0 Å². The van der Waals surface area contributed by atoms with Gasteiger partial charge in [-0.05, 0) is 45.1 Å². The molecule has 1 amide bonds. The zero-order valence-corrected chi connectivity index (χ0v) is 19.9. The van der Waals surface area contributed by atoms with Crippen LogP contribution in [0.5, 0.6) is 0 Å². The van der Waals surface area contributed by atoms with Crippen molar-refractivity contribution in [3.8, 4) is 0 Å². The highest BCUT2D eigenvalue weighted by atomic mass is 16.6. The van der Waals surface area contributed by atoms with Crippen LogP contribution in [0.1, 0.15) is 60.5 Å². The quantitative estimate of drug-likeness (QED) is 0.490. The third-order valence-corrected chi connectivity index (χ3v) is 5.44. The lowest BCUT2D eigenvalue weighted by Gasteiger charge is -2.33. The van der Waals surface area contributed by atoms with Gasteiger partial charge in [0.05, 0.1) is 0 Å². The fraction of sp³-hybridized carbons (Fsp3) is 0.625. The monoisotopic (exact) mass is 433 g/mol. The summed E-state index contributed by atoms with van der Waals surface area (Å²) in [5, 5.41) is 0. The van der Waals surface area contributed by atoms with Gasteiger partial charge in [-0.1, -0.05) is 51.1 Å². The van der Waals surface area contributed by atoms with Crippen molar-refractivity contribution in [3.63, 3.8) is 0 Å². The van der Waals surface area contributed by atoms with E-state index in [0.717, 1.165) is 5.56 Å². The third kappa shape index (κ3) is 5.99. The van der Waals surface area contributed by atoms with Crippen molar-refractivity contribution in [2.45, 2.75) is 78.7 Å². The highest BCUT2D eigenvalue weighted by Gasteiger charge is 2.69. The van der Waals surface area contributed by atoms with Gasteiger partial charge in [0.25, 0.3) is 0 Å². The van der Waals surface area contributed by atoms with Crippen molar-refractivity contribution < 1.29 is 28.6 Å². The molecule has 0 bridgehead atoms. The zero-order valence-electron chi connectivity index (χ0n) is 19.9. The SMILES string of the molecule is C[C@@H](OC(=O)C1(N(C)C(=O)OC(C)(C)C)C[C@H]1C(C)(C)C)C(=O)OCc1ccccc1. The molecule has 1 fully saturated rings. The van der Waals surface area contributed by atoms with Gasteiger partial charge in [0, 0.05) is 13.0 Å². The second-order valence-electron chi connectivity index (χ2n) is 10.2. The van der Waals surface area contributed by atoms with Crippen LogP contribution in [0.2, 0.25) is 0 Å². The Bertz CT molecular complexity index is 808. The minimum Gasteiger partial charge on any atom is -0.458 e. The Morgan fingerprint density at radius 1 is 1.10 bits per heavy atom. The first-order valence-corrected chi connectivity index (χ1v) is 10.6. The standard InChI is InChI=1S/C24H35NO6/c1-16(19(26)29-15-17-12-10-9-11-13-17)30-20(27)24(14-18(24)22(2,3)4)25(8)21(28)31-23(5,6)7/h9-13,16,18H,14-15H2,1-8H3/t16-,18+,24?/m1/s1. The lowest BCUT2D eigenvalue weighted by molar-refractivity contribution is -0.172. The van der Waals surface area contributed by atoms with Crippen LogP contribution in [-0.2, 0) is 30.4 Å². The predicted octanol–water partition coefficient (Wildman–Crippen LogP) is 4.33. The normalized spacial score (nSPS) is 21.6. The Labute approximate surface area is 185 Å². The first kappa shape index (κ1) is 24.7. The van der Waals surface area contributed by atoms with Gasteiger partial charge in [0.1, 0.15) is 17.7 Å². The largest absolute Gasteiger partial charge is 0.458 e. The Morgan fingerprint density at radius 2 is 1.68 bits per heavy atom. The van der Waals surface area contributed by atoms with Gasteiger partial charge in [0.2, 0.25) is 0 Å². The van der Waals surface area contributed by atoms with Crippen LogP contribution < -0.4 is 0 Å². The molecule has 1 saturated carbocycles. The van der Waals surface area contributed by atoms with Gasteiger partial charge in [-0.15, -0.1) is 0 Å². The molecule has 3 atom stereocenters. The Morgan fingerprint density at radius 3 is 2.16 bits per heavy atom. The molecule has 7 heteroatoms. The molecule has 0 aromatic heterocycles. The molecule has 0 aliphatic heterocycles. The highest BCUT2D eigenvalue weighted by molar-refractivity contribution is 5.91. The summed E-state index contributed by atoms with van der Waals surface area (Å²) < 4.78 is 16.2. The van der Waals surface area contributed by atoms with E-state index in [1.165, 1.54) is 11.8 Å². The molecule has 1 aliphatic carbocycles. The van der Waals surface area contributed by atoms with Gasteiger partial charge in [-0.3, -0.25) is 4.90 Å². The van der Waals surface area contributed by atoms with E-state index in [-0.39, 0.29) is 17.9 Å². The third-order valence-electron chi connectivity index (χ3n) is 5.44. The molecule has 1 aromatic carbocycles. The Kier molecular flexibility index (Phi) is 7.08. The summed E-state index contributed by atoms with van der Waals surface area (Å²) in [4.78, 5) is 39.6. The summed E-state index contributed by atoms with van der Waals surface area (Å²) in [7, 11) is 1.54. The van der Waals surface area contributed by atoms with E-state index in [9.17, 15) is 14.4 Å². The van der Waals surface area contributed by atoms with Crippen molar-refractivity contribution in [1.29, 1.82) is 0 Å². The number of hydrogen-bond acceptors (Lipinski definition) is 6. The molecule has 172 valence electrons. The number of ether oxygens (including phenoxy) is 3. The highest BCUT2D eigenvalue weighted by Crippen LogP contribution is 2.58. The number of esters is 2. The number of carbonyl (C=O) groups is 3. The second-order valence-corrected chi connectivity index (χ2v) is 10.2. The first-order valence-electron chi connectivity index (χ1n) is 10.6. The van der Waals surface area contributed by atoms with Crippen LogP contribution in [-0.4, -0.2) is 47.2 Å². The molecule has 31 heavy (non-hydrogen) atoms. The molecule has 0 spiro atoms. The fourth-order valence-corrected chi connectivity index (χ4v) is 3.66. The van der Waals surface area contributed by atoms with Crippen LogP contribution in [0.15, 0.2) is 30.3 Å². The summed E-state index contributed by atoms with van der Waals surface area (Å²) in [6.45, 7) is 12.9. The average molecular weight is 434 g/mol. The van der Waals surface area contributed by atoms with E-state index in [1.807, 2.05) is 51.1 Å². The number of likely N-dealkylation sites (N-methyl/N-ethyl adjacent to an activating group) is 1. The van der Waals surface area contributed by atoms with E-state index >= 15 is 0 Å². The van der Waals surface area contributed by atoms with E-state index in [0.29, 0.717) is 6.42 Å². The average Bonchev–Trinajstić information content (AvgIpc) is 3.42. The summed E-state index contributed by atoms with van der Waals surface area (Å²) in [5.74, 6) is -1.39. The molecule has 0 saturated heterocycles. The van der Waals surface area contributed by atoms with Gasteiger partial charge in [-0.25, -0.2) is 14.4 Å². The predicted molar refractivity (Wildman–Crippen MR) is 116 cm³/mol. The van der Waals surface area contributed by atoms with Crippen LogP contribution in [0, 0.1) is 11.3 Å². The summed E-state index contributed by atoms with van der Waals surface area (Å²) in [6.07, 6.45) is -1.26. The Balaban J connectivity index is 2.09. The van der Waals surface area contributed by atoms with Crippen LogP contribution >= 0.6 is 0 Å². The summed E-state index contributed by atoms with van der Waals surface area (Å²) >= 11 is 0. The number of benzene rings is 1. The topological polar surface area (TPSA) is 82.1 Å². The molecule has 0 N–H and O–H groups in total. The molecule has 0 heterocycles. The maximum atomic E-state index is 13.2. The molecule has 1 aliphatic rings. The maximum absolute atomic E-state index is 13.2. The van der Waals surface area contributed by atoms with Crippen molar-refractivity contribution in [2.75, 3.05) is 7.05 Å². The zero-order chi connectivity index (χ0) is 23.6. The molecule has 2 rings (SSSR count). The number of nitrogens with zero attached hydrogens (tertiary/aromatic N) is 1. The molecular weight excluding hydrogens is 398 g/mol. The minimum absolute atomic E-state index is 0.0924. The van der Waals surface area contributed by atoms with Gasteiger partial charge in [-0.2, -0.15) is 0 Å². The molecule has 0 radical (unpaired) electrons. The molecule has 1 aromatic rings. The van der Waals surface area contributed by atoms with Gasteiger partial charge < -0.3 is 14.2 Å². The lowest BCUT2D eigenvalue weighted by atomic mass is 9.87. The van der Waals surface area contributed by atoms with E-state index < -0.39 is 35.3 Å². The number of carbonyl (C=O) groups excluding carboxylic acids is 3. The van der Waals surface area contributed by atoms with Crippen molar-refractivity contribution in [2.24, 2.45) is 11.3 Å². The first-order chi connectivity index (χ1) is 14.2. The van der Waals surface area contributed by atoms with Crippen molar-refractivity contribution in [1.82, 2.24) is 4.90 Å². The van der Waals surface area contributed by atoms with Crippen LogP contribution in [0.25, 0.3) is 0 Å². The molecule has 7 nitrogen and oxygen atoms in total. The second kappa shape index (κ2) is 8.89. The van der Waals surface area contributed by atoms with Crippen LogP contribution in [0.3, 0.4) is 0 Å². The number of rotatable bonds is 6. The number of hydrogen-bond donors (Lipinski definition) is 0.